The fourth-order valence-electron chi connectivity index (χ4n) is 1.76. The standard InChI is InChI=1S/C14H18N2OS/c1-3-14(17)13-7-6-11(9-15-13)16(2)10-12-5-4-8-18-12/h4-9,14,17H,3,10H2,1-2H3/t14-/m1/s1. The molecule has 96 valence electrons. The molecule has 3 nitrogen and oxygen atoms in total. The topological polar surface area (TPSA) is 36.4 Å². The first-order chi connectivity index (χ1) is 8.70. The average Bonchev–Trinajstić information content (AvgIpc) is 2.91. The highest BCUT2D eigenvalue weighted by atomic mass is 32.1. The number of aromatic nitrogens is 1. The van der Waals surface area contributed by atoms with Crippen molar-refractivity contribution in [2.45, 2.75) is 26.0 Å². The molecule has 0 aliphatic heterocycles. The number of rotatable bonds is 5. The molecule has 1 N–H and O–H groups in total. The van der Waals surface area contributed by atoms with Gasteiger partial charge in [-0.15, -0.1) is 11.3 Å². The van der Waals surface area contributed by atoms with Crippen molar-refractivity contribution in [2.75, 3.05) is 11.9 Å². The van der Waals surface area contributed by atoms with Crippen molar-refractivity contribution in [1.82, 2.24) is 4.98 Å². The van der Waals surface area contributed by atoms with E-state index >= 15 is 0 Å². The van der Waals surface area contributed by atoms with Gasteiger partial charge in [0.25, 0.3) is 0 Å². The third-order valence-electron chi connectivity index (χ3n) is 2.91. The second-order valence-corrected chi connectivity index (χ2v) is 5.33. The molecule has 2 heterocycles. The third kappa shape index (κ3) is 3.09. The lowest BCUT2D eigenvalue weighted by Gasteiger charge is -2.18. The zero-order valence-corrected chi connectivity index (χ0v) is 11.5. The Morgan fingerprint density at radius 3 is 2.78 bits per heavy atom. The number of aliphatic hydroxyl groups is 1. The van der Waals surface area contributed by atoms with E-state index < -0.39 is 6.10 Å². The molecule has 0 spiro atoms. The Balaban J connectivity index is 2.04. The summed E-state index contributed by atoms with van der Waals surface area (Å²) < 4.78 is 0. The number of hydrogen-bond acceptors (Lipinski definition) is 4. The summed E-state index contributed by atoms with van der Waals surface area (Å²) in [5, 5.41) is 11.8. The molecular formula is C14H18N2OS. The smallest absolute Gasteiger partial charge is 0.0957 e. The summed E-state index contributed by atoms with van der Waals surface area (Å²) in [7, 11) is 2.05. The molecule has 18 heavy (non-hydrogen) atoms. The monoisotopic (exact) mass is 262 g/mol. The van der Waals surface area contributed by atoms with Crippen molar-refractivity contribution in [2.24, 2.45) is 0 Å². The molecule has 0 saturated carbocycles. The molecule has 0 aliphatic carbocycles. The molecule has 0 aromatic carbocycles. The van der Waals surface area contributed by atoms with Crippen LogP contribution in [0.2, 0.25) is 0 Å². The lowest BCUT2D eigenvalue weighted by Crippen LogP contribution is -2.16. The number of thiophene rings is 1. The summed E-state index contributed by atoms with van der Waals surface area (Å²) in [6.07, 6.45) is 2.06. The number of pyridine rings is 1. The Bertz CT molecular complexity index is 467. The summed E-state index contributed by atoms with van der Waals surface area (Å²) >= 11 is 1.76. The van der Waals surface area contributed by atoms with E-state index in [-0.39, 0.29) is 0 Å². The Kier molecular flexibility index (Phi) is 4.33. The maximum absolute atomic E-state index is 9.69. The van der Waals surface area contributed by atoms with Gasteiger partial charge in [0, 0.05) is 11.9 Å². The Labute approximate surface area is 112 Å². The largest absolute Gasteiger partial charge is 0.387 e. The predicted molar refractivity (Wildman–Crippen MR) is 75.9 cm³/mol. The average molecular weight is 262 g/mol. The molecule has 0 bridgehead atoms. The van der Waals surface area contributed by atoms with Crippen LogP contribution in [0.5, 0.6) is 0 Å². The van der Waals surface area contributed by atoms with Crippen LogP contribution in [0.1, 0.15) is 30.0 Å². The maximum atomic E-state index is 9.69. The molecule has 0 amide bonds. The van der Waals surface area contributed by atoms with Crippen LogP contribution < -0.4 is 4.90 Å². The molecule has 2 rings (SSSR count). The van der Waals surface area contributed by atoms with Gasteiger partial charge in [0.05, 0.1) is 30.2 Å². The van der Waals surface area contributed by atoms with E-state index in [4.69, 9.17) is 0 Å². The Morgan fingerprint density at radius 1 is 1.39 bits per heavy atom. The van der Waals surface area contributed by atoms with Crippen molar-refractivity contribution >= 4 is 17.0 Å². The number of hydrogen-bond donors (Lipinski definition) is 1. The quantitative estimate of drug-likeness (QED) is 0.898. The molecule has 2 aromatic heterocycles. The van der Waals surface area contributed by atoms with Gasteiger partial charge in [-0.3, -0.25) is 4.98 Å². The van der Waals surface area contributed by atoms with Gasteiger partial charge in [-0.2, -0.15) is 0 Å². The number of aliphatic hydroxyl groups excluding tert-OH is 1. The first kappa shape index (κ1) is 13.1. The lowest BCUT2D eigenvalue weighted by molar-refractivity contribution is 0.169. The summed E-state index contributed by atoms with van der Waals surface area (Å²) in [4.78, 5) is 7.79. The van der Waals surface area contributed by atoms with E-state index in [0.717, 1.165) is 17.9 Å². The number of nitrogens with zero attached hydrogens (tertiary/aromatic N) is 2. The summed E-state index contributed by atoms with van der Waals surface area (Å²) in [6.45, 7) is 2.83. The maximum Gasteiger partial charge on any atom is 0.0957 e. The molecule has 0 aliphatic rings. The third-order valence-corrected chi connectivity index (χ3v) is 3.77. The molecule has 2 aromatic rings. The van der Waals surface area contributed by atoms with E-state index in [9.17, 15) is 5.11 Å². The van der Waals surface area contributed by atoms with Crippen molar-refractivity contribution in [3.63, 3.8) is 0 Å². The van der Waals surface area contributed by atoms with E-state index in [1.54, 1.807) is 11.3 Å². The van der Waals surface area contributed by atoms with Crippen molar-refractivity contribution in [3.8, 4) is 0 Å². The molecular weight excluding hydrogens is 244 g/mol. The van der Waals surface area contributed by atoms with Gasteiger partial charge in [-0.1, -0.05) is 13.0 Å². The summed E-state index contributed by atoms with van der Waals surface area (Å²) in [5.74, 6) is 0. The van der Waals surface area contributed by atoms with Crippen LogP contribution in [-0.4, -0.2) is 17.1 Å². The van der Waals surface area contributed by atoms with Crippen LogP contribution in [0.3, 0.4) is 0 Å². The van der Waals surface area contributed by atoms with Gasteiger partial charge in [0.2, 0.25) is 0 Å². The van der Waals surface area contributed by atoms with Gasteiger partial charge in [-0.05, 0) is 30.0 Å². The molecule has 0 saturated heterocycles. The van der Waals surface area contributed by atoms with Gasteiger partial charge >= 0.3 is 0 Å². The minimum absolute atomic E-state index is 0.457. The normalized spacial score (nSPS) is 12.4. The molecule has 0 unspecified atom stereocenters. The van der Waals surface area contributed by atoms with Crippen molar-refractivity contribution in [3.05, 3.63) is 46.4 Å². The fourth-order valence-corrected chi connectivity index (χ4v) is 2.51. The lowest BCUT2D eigenvalue weighted by atomic mass is 10.2. The van der Waals surface area contributed by atoms with E-state index in [1.807, 2.05) is 32.3 Å². The first-order valence-electron chi connectivity index (χ1n) is 6.08. The van der Waals surface area contributed by atoms with Gasteiger partial charge in [0.15, 0.2) is 0 Å². The Hall–Kier alpha value is -1.39. The number of anilines is 1. The van der Waals surface area contributed by atoms with Crippen molar-refractivity contribution in [1.29, 1.82) is 0 Å². The fraction of sp³-hybridized carbons (Fsp3) is 0.357. The molecule has 1 atom stereocenters. The highest BCUT2D eigenvalue weighted by Crippen LogP contribution is 2.20. The van der Waals surface area contributed by atoms with Gasteiger partial charge < -0.3 is 10.0 Å². The Morgan fingerprint density at radius 2 is 2.22 bits per heavy atom. The second kappa shape index (κ2) is 5.98. The molecule has 0 radical (unpaired) electrons. The highest BCUT2D eigenvalue weighted by molar-refractivity contribution is 7.09. The SMILES string of the molecule is CC[C@@H](O)c1ccc(N(C)Cc2cccs2)cn1. The predicted octanol–water partition coefficient (Wildman–Crippen LogP) is 3.22. The van der Waals surface area contributed by atoms with Crippen molar-refractivity contribution < 1.29 is 5.11 Å². The molecule has 4 heteroatoms. The van der Waals surface area contributed by atoms with Gasteiger partial charge in [-0.25, -0.2) is 0 Å². The van der Waals surface area contributed by atoms with Gasteiger partial charge in [0.1, 0.15) is 0 Å². The zero-order chi connectivity index (χ0) is 13.0. The molecule has 0 fully saturated rings. The van der Waals surface area contributed by atoms with Crippen LogP contribution in [0.25, 0.3) is 0 Å². The minimum atomic E-state index is -0.457. The zero-order valence-electron chi connectivity index (χ0n) is 10.7. The van der Waals surface area contributed by atoms with Crippen LogP contribution in [0.15, 0.2) is 35.8 Å². The summed E-state index contributed by atoms with van der Waals surface area (Å²) in [5.41, 5.74) is 1.81. The second-order valence-electron chi connectivity index (χ2n) is 4.30. The van der Waals surface area contributed by atoms with Crippen LogP contribution >= 0.6 is 11.3 Å². The van der Waals surface area contributed by atoms with Crippen LogP contribution in [-0.2, 0) is 6.54 Å². The summed E-state index contributed by atoms with van der Waals surface area (Å²) in [6, 6.07) is 8.10. The first-order valence-corrected chi connectivity index (χ1v) is 6.96. The van der Waals surface area contributed by atoms with Crippen LogP contribution in [0.4, 0.5) is 5.69 Å². The minimum Gasteiger partial charge on any atom is -0.387 e. The van der Waals surface area contributed by atoms with E-state index in [2.05, 4.69) is 27.4 Å². The van der Waals surface area contributed by atoms with E-state index in [0.29, 0.717) is 6.42 Å². The van der Waals surface area contributed by atoms with E-state index in [1.165, 1.54) is 4.88 Å². The van der Waals surface area contributed by atoms with Crippen LogP contribution in [0, 0.1) is 0 Å². The highest BCUT2D eigenvalue weighted by Gasteiger charge is 2.08.